The number of nitrogens with zero attached hydrogens (tertiary/aromatic N) is 4. The quantitative estimate of drug-likeness (QED) is 0.855. The third-order valence-corrected chi connectivity index (χ3v) is 4.23. The van der Waals surface area contributed by atoms with Crippen molar-refractivity contribution in [2.45, 2.75) is 20.8 Å². The molecule has 5 nitrogen and oxygen atoms in total. The van der Waals surface area contributed by atoms with Crippen molar-refractivity contribution >= 4 is 34.4 Å². The first-order chi connectivity index (χ1) is 11.9. The van der Waals surface area contributed by atoms with Gasteiger partial charge in [0.1, 0.15) is 0 Å². The first-order valence-electron chi connectivity index (χ1n) is 8.21. The summed E-state index contributed by atoms with van der Waals surface area (Å²) < 4.78 is 0. The van der Waals surface area contributed by atoms with Crippen LogP contribution < -0.4 is 9.91 Å². The van der Waals surface area contributed by atoms with Crippen molar-refractivity contribution in [3.8, 4) is 0 Å². The van der Waals surface area contributed by atoms with Gasteiger partial charge in [-0.3, -0.25) is 4.79 Å². The zero-order valence-corrected chi connectivity index (χ0v) is 15.2. The van der Waals surface area contributed by atoms with Gasteiger partial charge >= 0.3 is 0 Å². The number of hydrogen-bond acceptors (Lipinski definition) is 4. The van der Waals surface area contributed by atoms with E-state index < -0.39 is 0 Å². The molecule has 0 saturated heterocycles. The molecule has 0 radical (unpaired) electrons. The van der Waals surface area contributed by atoms with Crippen LogP contribution >= 0.6 is 0 Å². The number of hydrazone groups is 1. The first-order valence-corrected chi connectivity index (χ1v) is 8.21. The minimum absolute atomic E-state index is 0.193. The molecular weight excluding hydrogens is 312 g/mol. The van der Waals surface area contributed by atoms with Gasteiger partial charge in [0.2, 0.25) is 0 Å². The third kappa shape index (κ3) is 3.18. The van der Waals surface area contributed by atoms with Gasteiger partial charge in [0.15, 0.2) is 5.71 Å². The maximum atomic E-state index is 12.8. The number of carbonyl (C=O) groups is 1. The number of aliphatic imine (C=N–C) groups is 1. The second-order valence-corrected chi connectivity index (χ2v) is 6.41. The van der Waals surface area contributed by atoms with E-state index >= 15 is 0 Å². The normalized spacial score (nSPS) is 15.7. The Hall–Kier alpha value is -2.95. The van der Waals surface area contributed by atoms with Crippen LogP contribution in [0.2, 0.25) is 0 Å². The second-order valence-electron chi connectivity index (χ2n) is 6.41. The van der Waals surface area contributed by atoms with E-state index in [9.17, 15) is 4.79 Å². The van der Waals surface area contributed by atoms with Crippen LogP contribution in [0.4, 0.5) is 17.1 Å². The van der Waals surface area contributed by atoms with Gasteiger partial charge < -0.3 is 4.90 Å². The Labute approximate surface area is 148 Å². The van der Waals surface area contributed by atoms with Gasteiger partial charge in [0.25, 0.3) is 5.91 Å². The van der Waals surface area contributed by atoms with Gasteiger partial charge in [-0.05, 0) is 56.2 Å². The second kappa shape index (κ2) is 6.51. The zero-order valence-electron chi connectivity index (χ0n) is 15.2. The first kappa shape index (κ1) is 16.9. The van der Waals surface area contributed by atoms with E-state index in [1.54, 1.807) is 0 Å². The number of carbonyl (C=O) groups excluding carboxylic acids is 1. The standard InChI is InChI=1S/C20H22N4O/c1-13-8-6-7-9-18(13)24-20(25)19(15(3)22-24)21-16-10-11-17(23(4)5)14(2)12-16/h6-12H,1-5H3. The number of amides is 1. The summed E-state index contributed by atoms with van der Waals surface area (Å²) in [5.41, 5.74) is 5.81. The van der Waals surface area contributed by atoms with E-state index in [1.165, 1.54) is 5.01 Å². The molecule has 0 aliphatic carbocycles. The average molecular weight is 334 g/mol. The molecule has 0 bridgehead atoms. The molecule has 0 aromatic heterocycles. The van der Waals surface area contributed by atoms with Crippen molar-refractivity contribution in [2.24, 2.45) is 10.1 Å². The van der Waals surface area contributed by atoms with Crippen molar-refractivity contribution in [2.75, 3.05) is 24.0 Å². The summed E-state index contributed by atoms with van der Waals surface area (Å²) in [5.74, 6) is -0.193. The van der Waals surface area contributed by atoms with Crippen molar-refractivity contribution in [3.63, 3.8) is 0 Å². The Bertz CT molecular complexity index is 896. The molecule has 1 amide bonds. The number of aryl methyl sites for hydroxylation is 2. The Morgan fingerprint density at radius 1 is 1.00 bits per heavy atom. The summed E-state index contributed by atoms with van der Waals surface area (Å²) in [6, 6.07) is 13.6. The Morgan fingerprint density at radius 3 is 2.36 bits per heavy atom. The zero-order chi connectivity index (χ0) is 18.1. The minimum Gasteiger partial charge on any atom is -0.377 e. The number of benzene rings is 2. The fourth-order valence-corrected chi connectivity index (χ4v) is 2.93. The lowest BCUT2D eigenvalue weighted by molar-refractivity contribution is -0.112. The molecule has 1 heterocycles. The molecule has 25 heavy (non-hydrogen) atoms. The molecule has 0 N–H and O–H groups in total. The van der Waals surface area contributed by atoms with Gasteiger partial charge in [-0.2, -0.15) is 10.1 Å². The summed E-state index contributed by atoms with van der Waals surface area (Å²) in [7, 11) is 4.01. The van der Waals surface area contributed by atoms with Crippen LogP contribution in [-0.4, -0.2) is 31.4 Å². The molecule has 0 atom stereocenters. The lowest BCUT2D eigenvalue weighted by atomic mass is 10.1. The Kier molecular flexibility index (Phi) is 4.40. The largest absolute Gasteiger partial charge is 0.377 e. The van der Waals surface area contributed by atoms with Crippen LogP contribution in [-0.2, 0) is 4.79 Å². The number of rotatable bonds is 3. The summed E-state index contributed by atoms with van der Waals surface area (Å²) >= 11 is 0. The maximum Gasteiger partial charge on any atom is 0.299 e. The lowest BCUT2D eigenvalue weighted by Crippen LogP contribution is -2.27. The van der Waals surface area contributed by atoms with Crippen molar-refractivity contribution in [1.82, 2.24) is 0 Å². The molecule has 2 aromatic rings. The van der Waals surface area contributed by atoms with Crippen molar-refractivity contribution in [1.29, 1.82) is 0 Å². The highest BCUT2D eigenvalue weighted by Gasteiger charge is 2.31. The molecule has 1 aliphatic rings. The maximum absolute atomic E-state index is 12.8. The highest BCUT2D eigenvalue weighted by molar-refractivity contribution is 6.71. The summed E-state index contributed by atoms with van der Waals surface area (Å²) in [6.45, 7) is 5.82. The topological polar surface area (TPSA) is 48.3 Å². The van der Waals surface area contributed by atoms with Crippen LogP contribution in [0.3, 0.4) is 0 Å². The van der Waals surface area contributed by atoms with Crippen molar-refractivity contribution in [3.05, 3.63) is 53.6 Å². The molecular formula is C20H22N4O. The van der Waals surface area contributed by atoms with Crippen LogP contribution in [0.5, 0.6) is 0 Å². The van der Waals surface area contributed by atoms with Crippen molar-refractivity contribution < 1.29 is 4.79 Å². The van der Waals surface area contributed by atoms with Gasteiger partial charge in [0.05, 0.1) is 17.1 Å². The third-order valence-electron chi connectivity index (χ3n) is 4.23. The molecule has 1 aliphatic heterocycles. The van der Waals surface area contributed by atoms with Gasteiger partial charge in [-0.25, -0.2) is 4.99 Å². The molecule has 0 spiro atoms. The van der Waals surface area contributed by atoms with Gasteiger partial charge in [-0.15, -0.1) is 0 Å². The number of anilines is 2. The summed E-state index contributed by atoms with van der Waals surface area (Å²) in [5, 5.41) is 5.84. The average Bonchev–Trinajstić information content (AvgIpc) is 2.83. The fraction of sp³-hybridized carbons (Fsp3) is 0.250. The lowest BCUT2D eigenvalue weighted by Gasteiger charge is -2.15. The molecule has 0 unspecified atom stereocenters. The van der Waals surface area contributed by atoms with Crippen LogP contribution in [0.1, 0.15) is 18.1 Å². The van der Waals surface area contributed by atoms with Gasteiger partial charge in [0, 0.05) is 19.8 Å². The molecule has 3 rings (SSSR count). The molecule has 0 saturated carbocycles. The van der Waals surface area contributed by atoms with E-state index in [1.807, 2.05) is 77.3 Å². The predicted octanol–water partition coefficient (Wildman–Crippen LogP) is 3.86. The van der Waals surface area contributed by atoms with Crippen LogP contribution in [0.15, 0.2) is 52.6 Å². The molecule has 0 fully saturated rings. The van der Waals surface area contributed by atoms with Crippen LogP contribution in [0, 0.1) is 13.8 Å². The summed E-state index contributed by atoms with van der Waals surface area (Å²) in [4.78, 5) is 19.4. The van der Waals surface area contributed by atoms with Crippen LogP contribution in [0.25, 0.3) is 0 Å². The number of hydrogen-bond donors (Lipinski definition) is 0. The summed E-state index contributed by atoms with van der Waals surface area (Å²) in [6.07, 6.45) is 0. The van der Waals surface area contributed by atoms with E-state index in [4.69, 9.17) is 0 Å². The Morgan fingerprint density at radius 2 is 1.72 bits per heavy atom. The number of para-hydroxylation sites is 1. The highest BCUT2D eigenvalue weighted by Crippen LogP contribution is 2.27. The van der Waals surface area contributed by atoms with E-state index in [-0.39, 0.29) is 5.91 Å². The van der Waals surface area contributed by atoms with E-state index in [0.29, 0.717) is 11.4 Å². The molecule has 2 aromatic carbocycles. The van der Waals surface area contributed by atoms with E-state index in [0.717, 1.165) is 28.2 Å². The predicted molar refractivity (Wildman–Crippen MR) is 104 cm³/mol. The fourth-order valence-electron chi connectivity index (χ4n) is 2.93. The smallest absolute Gasteiger partial charge is 0.299 e. The van der Waals surface area contributed by atoms with E-state index in [2.05, 4.69) is 15.0 Å². The monoisotopic (exact) mass is 334 g/mol. The molecule has 128 valence electrons. The highest BCUT2D eigenvalue weighted by atomic mass is 16.2. The minimum atomic E-state index is -0.193. The molecule has 5 heteroatoms. The van der Waals surface area contributed by atoms with Gasteiger partial charge in [-0.1, -0.05) is 18.2 Å². The SMILES string of the molecule is CC1=NN(c2ccccc2C)C(=O)C1=Nc1ccc(N(C)C)c(C)c1. The Balaban J connectivity index is 1.95.